The van der Waals surface area contributed by atoms with Gasteiger partial charge in [-0.25, -0.2) is 0 Å². The van der Waals surface area contributed by atoms with Gasteiger partial charge in [0.05, 0.1) is 26.5 Å². The van der Waals surface area contributed by atoms with E-state index in [1.54, 1.807) is 31.3 Å². The first-order valence-corrected chi connectivity index (χ1v) is 6.26. The van der Waals surface area contributed by atoms with Crippen LogP contribution in [0.2, 0.25) is 0 Å². The molecule has 1 amide bonds. The predicted molar refractivity (Wildman–Crippen MR) is 75.8 cm³/mol. The molecule has 0 radical (unpaired) electrons. The molecule has 0 aliphatic heterocycles. The second-order valence-electron chi connectivity index (χ2n) is 4.64. The Morgan fingerprint density at radius 2 is 2.00 bits per heavy atom. The standard InChI is InChI=1S/C14H22N2O3/c1-10(2)9-16(14(17)8-15)12-6-5-11(18-3)7-13(12)19-4/h5-7,10H,8-9,15H2,1-4H3. The van der Waals surface area contributed by atoms with Crippen LogP contribution in [0.3, 0.4) is 0 Å². The van der Waals surface area contributed by atoms with Gasteiger partial charge in [-0.2, -0.15) is 0 Å². The minimum absolute atomic E-state index is 0.0259. The van der Waals surface area contributed by atoms with Crippen molar-refractivity contribution in [3.63, 3.8) is 0 Å². The van der Waals surface area contributed by atoms with Crippen LogP contribution >= 0.6 is 0 Å². The summed E-state index contributed by atoms with van der Waals surface area (Å²) >= 11 is 0. The molecular formula is C14H22N2O3. The van der Waals surface area contributed by atoms with Gasteiger partial charge in [0.1, 0.15) is 11.5 Å². The topological polar surface area (TPSA) is 64.8 Å². The Kier molecular flexibility index (Phi) is 5.63. The molecule has 0 fully saturated rings. The Hall–Kier alpha value is -1.75. The molecule has 1 aromatic carbocycles. The van der Waals surface area contributed by atoms with Gasteiger partial charge in [-0.05, 0) is 18.1 Å². The summed E-state index contributed by atoms with van der Waals surface area (Å²) in [6.07, 6.45) is 0. The minimum atomic E-state index is -0.128. The van der Waals surface area contributed by atoms with Gasteiger partial charge in [-0.3, -0.25) is 4.79 Å². The average molecular weight is 266 g/mol. The maximum absolute atomic E-state index is 12.0. The lowest BCUT2D eigenvalue weighted by atomic mass is 10.1. The second kappa shape index (κ2) is 6.99. The third-order valence-corrected chi connectivity index (χ3v) is 2.70. The number of nitrogens with zero attached hydrogens (tertiary/aromatic N) is 1. The highest BCUT2D eigenvalue weighted by atomic mass is 16.5. The van der Waals surface area contributed by atoms with Crippen molar-refractivity contribution in [1.29, 1.82) is 0 Å². The first-order chi connectivity index (χ1) is 9.03. The number of hydrogen-bond donors (Lipinski definition) is 1. The van der Waals surface area contributed by atoms with Gasteiger partial charge in [0.2, 0.25) is 5.91 Å². The number of benzene rings is 1. The quantitative estimate of drug-likeness (QED) is 0.850. The van der Waals surface area contributed by atoms with Crippen LogP contribution in [-0.2, 0) is 4.79 Å². The van der Waals surface area contributed by atoms with Gasteiger partial charge < -0.3 is 20.1 Å². The summed E-state index contributed by atoms with van der Waals surface area (Å²) in [6, 6.07) is 5.37. The molecule has 0 spiro atoms. The van der Waals surface area contributed by atoms with Gasteiger partial charge in [0, 0.05) is 12.6 Å². The van der Waals surface area contributed by atoms with Gasteiger partial charge in [-0.15, -0.1) is 0 Å². The maximum atomic E-state index is 12.0. The summed E-state index contributed by atoms with van der Waals surface area (Å²) in [5.74, 6) is 1.49. The van der Waals surface area contributed by atoms with Crippen LogP contribution in [0.1, 0.15) is 13.8 Å². The summed E-state index contributed by atoms with van der Waals surface area (Å²) in [4.78, 5) is 13.6. The fourth-order valence-electron chi connectivity index (χ4n) is 1.82. The Morgan fingerprint density at radius 1 is 1.32 bits per heavy atom. The van der Waals surface area contributed by atoms with E-state index in [4.69, 9.17) is 15.2 Å². The Labute approximate surface area is 114 Å². The van der Waals surface area contributed by atoms with Crippen LogP contribution in [0.15, 0.2) is 18.2 Å². The molecule has 0 atom stereocenters. The molecule has 0 heterocycles. The molecule has 0 saturated carbocycles. The molecular weight excluding hydrogens is 244 g/mol. The lowest BCUT2D eigenvalue weighted by Crippen LogP contribution is -2.38. The molecule has 0 saturated heterocycles. The molecule has 2 N–H and O–H groups in total. The summed E-state index contributed by atoms with van der Waals surface area (Å²) in [6.45, 7) is 4.67. The fourth-order valence-corrected chi connectivity index (χ4v) is 1.82. The molecule has 1 rings (SSSR count). The van der Waals surface area contributed by atoms with Gasteiger partial charge in [-0.1, -0.05) is 13.8 Å². The van der Waals surface area contributed by atoms with Gasteiger partial charge in [0.15, 0.2) is 0 Å². The number of anilines is 1. The summed E-state index contributed by atoms with van der Waals surface area (Å²) in [5.41, 5.74) is 6.19. The minimum Gasteiger partial charge on any atom is -0.497 e. The number of nitrogens with two attached hydrogens (primary N) is 1. The molecule has 0 aliphatic carbocycles. The van der Waals surface area contributed by atoms with Crippen molar-refractivity contribution in [2.24, 2.45) is 11.7 Å². The third kappa shape index (κ3) is 3.86. The van der Waals surface area contributed by atoms with E-state index < -0.39 is 0 Å². The number of carbonyl (C=O) groups excluding carboxylic acids is 1. The van der Waals surface area contributed by atoms with E-state index in [1.165, 1.54) is 0 Å². The smallest absolute Gasteiger partial charge is 0.240 e. The highest BCUT2D eigenvalue weighted by Crippen LogP contribution is 2.32. The molecule has 0 aromatic heterocycles. The van der Waals surface area contributed by atoms with Crippen LogP contribution < -0.4 is 20.1 Å². The summed E-state index contributed by atoms with van der Waals surface area (Å²) in [5, 5.41) is 0. The monoisotopic (exact) mass is 266 g/mol. The van der Waals surface area contributed by atoms with Gasteiger partial charge in [0.25, 0.3) is 0 Å². The summed E-state index contributed by atoms with van der Waals surface area (Å²) in [7, 11) is 3.16. The molecule has 106 valence electrons. The largest absolute Gasteiger partial charge is 0.497 e. The van der Waals surface area contributed by atoms with Crippen molar-refractivity contribution in [3.05, 3.63) is 18.2 Å². The number of rotatable bonds is 6. The SMILES string of the molecule is COc1ccc(N(CC(C)C)C(=O)CN)c(OC)c1. The molecule has 0 bridgehead atoms. The van der Waals surface area contributed by atoms with E-state index in [-0.39, 0.29) is 12.5 Å². The van der Waals surface area contributed by atoms with Crippen LogP contribution in [0.25, 0.3) is 0 Å². The van der Waals surface area contributed by atoms with Crippen LogP contribution in [0.4, 0.5) is 5.69 Å². The number of carbonyl (C=O) groups is 1. The van der Waals surface area contributed by atoms with Crippen molar-refractivity contribution in [2.45, 2.75) is 13.8 Å². The number of ether oxygens (including phenoxy) is 2. The second-order valence-corrected chi connectivity index (χ2v) is 4.64. The number of hydrogen-bond acceptors (Lipinski definition) is 4. The first kappa shape index (κ1) is 15.3. The Morgan fingerprint density at radius 3 is 2.47 bits per heavy atom. The van der Waals surface area contributed by atoms with Crippen molar-refractivity contribution < 1.29 is 14.3 Å². The maximum Gasteiger partial charge on any atom is 0.240 e. The van der Waals surface area contributed by atoms with E-state index in [0.717, 1.165) is 0 Å². The molecule has 1 aromatic rings. The summed E-state index contributed by atoms with van der Waals surface area (Å²) < 4.78 is 10.5. The van der Waals surface area contributed by atoms with Crippen molar-refractivity contribution in [3.8, 4) is 11.5 Å². The zero-order valence-electron chi connectivity index (χ0n) is 12.0. The Balaban J connectivity index is 3.17. The Bertz CT molecular complexity index is 433. The van der Waals surface area contributed by atoms with Crippen molar-refractivity contribution in [2.75, 3.05) is 32.2 Å². The van der Waals surface area contributed by atoms with Crippen LogP contribution in [-0.4, -0.2) is 33.2 Å². The van der Waals surface area contributed by atoms with Crippen LogP contribution in [0, 0.1) is 5.92 Å². The zero-order valence-corrected chi connectivity index (χ0v) is 12.0. The number of amides is 1. The normalized spacial score (nSPS) is 10.4. The van der Waals surface area contributed by atoms with E-state index >= 15 is 0 Å². The van der Waals surface area contributed by atoms with Crippen LogP contribution in [0.5, 0.6) is 11.5 Å². The zero-order chi connectivity index (χ0) is 14.4. The average Bonchev–Trinajstić information content (AvgIpc) is 2.43. The molecule has 5 nitrogen and oxygen atoms in total. The highest BCUT2D eigenvalue weighted by Gasteiger charge is 2.19. The van der Waals surface area contributed by atoms with Crippen molar-refractivity contribution >= 4 is 11.6 Å². The van der Waals surface area contributed by atoms with E-state index in [2.05, 4.69) is 0 Å². The van der Waals surface area contributed by atoms with E-state index in [9.17, 15) is 4.79 Å². The first-order valence-electron chi connectivity index (χ1n) is 6.26. The van der Waals surface area contributed by atoms with Crippen molar-refractivity contribution in [1.82, 2.24) is 0 Å². The highest BCUT2D eigenvalue weighted by molar-refractivity contribution is 5.96. The lowest BCUT2D eigenvalue weighted by Gasteiger charge is -2.26. The molecule has 0 unspecified atom stereocenters. The molecule has 19 heavy (non-hydrogen) atoms. The fraction of sp³-hybridized carbons (Fsp3) is 0.500. The van der Waals surface area contributed by atoms with Gasteiger partial charge >= 0.3 is 0 Å². The number of methoxy groups -OCH3 is 2. The third-order valence-electron chi connectivity index (χ3n) is 2.70. The van der Waals surface area contributed by atoms with E-state index in [1.807, 2.05) is 19.9 Å². The molecule has 0 aliphatic rings. The molecule has 5 heteroatoms. The lowest BCUT2D eigenvalue weighted by molar-refractivity contribution is -0.117. The predicted octanol–water partition coefficient (Wildman–Crippen LogP) is 1.65. The van der Waals surface area contributed by atoms with E-state index in [0.29, 0.717) is 29.6 Å².